The fraction of sp³-hybridized carbons (Fsp3) is 0.250. The summed E-state index contributed by atoms with van der Waals surface area (Å²) in [6.45, 7) is 2.43. The molecule has 0 N–H and O–H groups in total. The normalized spacial score (nSPS) is 10.8. The lowest BCUT2D eigenvalue weighted by Gasteiger charge is -2.12. The summed E-state index contributed by atoms with van der Waals surface area (Å²) >= 11 is 5.05. The molecule has 0 aromatic heterocycles. The summed E-state index contributed by atoms with van der Waals surface area (Å²) < 4.78 is 17.1. The van der Waals surface area contributed by atoms with Crippen molar-refractivity contribution in [1.29, 1.82) is 0 Å². The predicted molar refractivity (Wildman–Crippen MR) is 110 cm³/mol. The second kappa shape index (κ2) is 9.69. The van der Waals surface area contributed by atoms with E-state index in [0.717, 1.165) is 14.9 Å². The summed E-state index contributed by atoms with van der Waals surface area (Å²) in [5.74, 6) is 1.86. The Morgan fingerprint density at radius 2 is 1.92 bits per heavy atom. The minimum absolute atomic E-state index is 0.0964. The Kier molecular flexibility index (Phi) is 7.60. The van der Waals surface area contributed by atoms with Gasteiger partial charge >= 0.3 is 0 Å². The maximum absolute atomic E-state index is 12.5. The highest BCUT2D eigenvalue weighted by Crippen LogP contribution is 2.37. The summed E-state index contributed by atoms with van der Waals surface area (Å²) in [7, 11) is 3.19. The summed E-state index contributed by atoms with van der Waals surface area (Å²) in [5, 5.41) is 0. The van der Waals surface area contributed by atoms with E-state index in [1.165, 1.54) is 6.08 Å². The van der Waals surface area contributed by atoms with Crippen LogP contribution in [0.15, 0.2) is 45.8 Å². The SMILES string of the molecule is CCOc1cc(C=CC(=O)c2ccc(SC)c(OC)c2)cc(Br)c1OC. The van der Waals surface area contributed by atoms with Crippen molar-refractivity contribution in [2.45, 2.75) is 11.8 Å². The molecule has 2 aromatic carbocycles. The molecule has 0 aliphatic heterocycles. The van der Waals surface area contributed by atoms with Gasteiger partial charge in [0.15, 0.2) is 17.3 Å². The molecule has 0 fully saturated rings. The molecule has 2 aromatic rings. The maximum atomic E-state index is 12.5. The van der Waals surface area contributed by atoms with Gasteiger partial charge in [-0.25, -0.2) is 0 Å². The molecule has 0 heterocycles. The number of hydrogen-bond donors (Lipinski definition) is 0. The second-order valence-electron chi connectivity index (χ2n) is 5.23. The van der Waals surface area contributed by atoms with Crippen LogP contribution >= 0.6 is 27.7 Å². The highest BCUT2D eigenvalue weighted by molar-refractivity contribution is 9.10. The van der Waals surface area contributed by atoms with Crippen molar-refractivity contribution < 1.29 is 19.0 Å². The number of carbonyl (C=O) groups is 1. The van der Waals surface area contributed by atoms with Crippen LogP contribution in [-0.2, 0) is 0 Å². The van der Waals surface area contributed by atoms with Crippen molar-refractivity contribution in [2.75, 3.05) is 27.1 Å². The zero-order valence-corrected chi connectivity index (χ0v) is 17.6. The Hall–Kier alpha value is -1.92. The molecule has 0 saturated heterocycles. The van der Waals surface area contributed by atoms with Crippen LogP contribution in [0.4, 0.5) is 0 Å². The molecule has 6 heteroatoms. The minimum Gasteiger partial charge on any atom is -0.496 e. The maximum Gasteiger partial charge on any atom is 0.185 e. The zero-order valence-electron chi connectivity index (χ0n) is 15.2. The summed E-state index contributed by atoms with van der Waals surface area (Å²) in [6.07, 6.45) is 5.26. The summed E-state index contributed by atoms with van der Waals surface area (Å²) in [6, 6.07) is 9.17. The third-order valence-corrected chi connectivity index (χ3v) is 5.00. The average molecular weight is 437 g/mol. The van der Waals surface area contributed by atoms with Gasteiger partial charge < -0.3 is 14.2 Å². The van der Waals surface area contributed by atoms with Crippen LogP contribution < -0.4 is 14.2 Å². The molecule has 0 aliphatic carbocycles. The van der Waals surface area contributed by atoms with Gasteiger partial charge in [-0.1, -0.05) is 6.08 Å². The first kappa shape index (κ1) is 20.4. The second-order valence-corrected chi connectivity index (χ2v) is 6.94. The van der Waals surface area contributed by atoms with E-state index < -0.39 is 0 Å². The number of allylic oxidation sites excluding steroid dienone is 1. The molecule has 0 atom stereocenters. The molecule has 0 unspecified atom stereocenters. The lowest BCUT2D eigenvalue weighted by molar-refractivity contribution is 0.104. The van der Waals surface area contributed by atoms with Crippen molar-refractivity contribution in [2.24, 2.45) is 0 Å². The van der Waals surface area contributed by atoms with Gasteiger partial charge in [0.1, 0.15) is 5.75 Å². The Morgan fingerprint density at radius 3 is 2.54 bits per heavy atom. The van der Waals surface area contributed by atoms with Crippen LogP contribution in [0.1, 0.15) is 22.8 Å². The van der Waals surface area contributed by atoms with Gasteiger partial charge in [-0.05, 0) is 71.1 Å². The lowest BCUT2D eigenvalue weighted by atomic mass is 10.1. The van der Waals surface area contributed by atoms with Gasteiger partial charge in [-0.15, -0.1) is 11.8 Å². The van der Waals surface area contributed by atoms with Crippen LogP contribution in [0.25, 0.3) is 6.08 Å². The standard InChI is InChI=1S/C20H21BrO4S/c1-5-25-18-11-13(10-15(21)20(18)24-3)6-8-16(22)14-7-9-19(26-4)17(12-14)23-2/h6-12H,5H2,1-4H3. The molecule has 0 aliphatic rings. The van der Waals surface area contributed by atoms with E-state index in [9.17, 15) is 4.79 Å². The van der Waals surface area contributed by atoms with Crippen LogP contribution in [0, 0.1) is 0 Å². The summed E-state index contributed by atoms with van der Waals surface area (Å²) in [5.41, 5.74) is 1.41. The molecule has 0 bridgehead atoms. The number of thioether (sulfide) groups is 1. The smallest absolute Gasteiger partial charge is 0.185 e. The fourth-order valence-corrected chi connectivity index (χ4v) is 3.57. The third-order valence-electron chi connectivity index (χ3n) is 3.63. The number of benzene rings is 2. The number of carbonyl (C=O) groups excluding carboxylic acids is 1. The molecule has 0 radical (unpaired) electrons. The predicted octanol–water partition coefficient (Wildman–Crippen LogP) is 5.48. The molecule has 4 nitrogen and oxygen atoms in total. The van der Waals surface area contributed by atoms with Gasteiger partial charge in [-0.3, -0.25) is 4.79 Å². The summed E-state index contributed by atoms with van der Waals surface area (Å²) in [4.78, 5) is 13.5. The van der Waals surface area contributed by atoms with E-state index in [0.29, 0.717) is 29.4 Å². The monoisotopic (exact) mass is 436 g/mol. The first-order valence-electron chi connectivity index (χ1n) is 7.98. The quantitative estimate of drug-likeness (QED) is 0.311. The molecule has 0 saturated carbocycles. The van der Waals surface area contributed by atoms with E-state index in [4.69, 9.17) is 14.2 Å². The van der Waals surface area contributed by atoms with E-state index in [1.807, 2.05) is 31.4 Å². The molecule has 2 rings (SSSR count). The zero-order chi connectivity index (χ0) is 19.1. The third kappa shape index (κ3) is 4.83. The fourth-order valence-electron chi connectivity index (χ4n) is 2.40. The number of rotatable bonds is 8. The molecule has 138 valence electrons. The van der Waals surface area contributed by atoms with E-state index in [1.54, 1.807) is 44.2 Å². The Balaban J connectivity index is 2.27. The number of hydrogen-bond acceptors (Lipinski definition) is 5. The van der Waals surface area contributed by atoms with Gasteiger partial charge in [0.25, 0.3) is 0 Å². The van der Waals surface area contributed by atoms with Crippen LogP contribution in [-0.4, -0.2) is 32.9 Å². The van der Waals surface area contributed by atoms with Crippen molar-refractivity contribution in [3.8, 4) is 17.2 Å². The van der Waals surface area contributed by atoms with Crippen molar-refractivity contribution in [3.63, 3.8) is 0 Å². The van der Waals surface area contributed by atoms with Crippen molar-refractivity contribution in [3.05, 3.63) is 52.0 Å². The minimum atomic E-state index is -0.0964. The van der Waals surface area contributed by atoms with Gasteiger partial charge in [0.2, 0.25) is 0 Å². The van der Waals surface area contributed by atoms with Crippen LogP contribution in [0.5, 0.6) is 17.2 Å². The molecule has 0 amide bonds. The molecule has 26 heavy (non-hydrogen) atoms. The Labute approximate surface area is 166 Å². The number of methoxy groups -OCH3 is 2. The number of halogens is 1. The van der Waals surface area contributed by atoms with Crippen molar-refractivity contribution >= 4 is 39.6 Å². The largest absolute Gasteiger partial charge is 0.496 e. The van der Waals surface area contributed by atoms with Crippen molar-refractivity contribution in [1.82, 2.24) is 0 Å². The molecular weight excluding hydrogens is 416 g/mol. The molecule has 0 spiro atoms. The van der Waals surface area contributed by atoms with E-state index in [2.05, 4.69) is 15.9 Å². The Bertz CT molecular complexity index is 818. The number of ether oxygens (including phenoxy) is 3. The van der Waals surface area contributed by atoms with Gasteiger partial charge in [0.05, 0.1) is 25.3 Å². The average Bonchev–Trinajstić information content (AvgIpc) is 2.65. The first-order valence-corrected chi connectivity index (χ1v) is 10.0. The Morgan fingerprint density at radius 1 is 1.15 bits per heavy atom. The van der Waals surface area contributed by atoms with E-state index >= 15 is 0 Å². The number of ketones is 1. The first-order chi connectivity index (χ1) is 12.5. The topological polar surface area (TPSA) is 44.8 Å². The highest BCUT2D eigenvalue weighted by Gasteiger charge is 2.11. The van der Waals surface area contributed by atoms with Crippen LogP contribution in [0.3, 0.4) is 0 Å². The van der Waals surface area contributed by atoms with Crippen LogP contribution in [0.2, 0.25) is 0 Å². The van der Waals surface area contributed by atoms with Gasteiger partial charge in [0, 0.05) is 10.5 Å². The lowest BCUT2D eigenvalue weighted by Crippen LogP contribution is -1.98. The highest BCUT2D eigenvalue weighted by atomic mass is 79.9. The van der Waals surface area contributed by atoms with Gasteiger partial charge in [-0.2, -0.15) is 0 Å². The molecular formula is C20H21BrO4S. The van der Waals surface area contributed by atoms with E-state index in [-0.39, 0.29) is 5.78 Å².